The highest BCUT2D eigenvalue weighted by Crippen LogP contribution is 2.30. The van der Waals surface area contributed by atoms with Gasteiger partial charge in [-0.1, -0.05) is 23.2 Å². The SMILES string of the molecule is COC(=O)c1ccc(N2CCOCC2)c(NC(=O)[C@@H](C)Oc2ccc(Cl)cc2Cl)c1. The molecule has 0 aliphatic carbocycles. The van der Waals surface area contributed by atoms with E-state index in [1.807, 2.05) is 0 Å². The number of nitrogens with zero attached hydrogens (tertiary/aromatic N) is 1. The van der Waals surface area contributed by atoms with Crippen LogP contribution < -0.4 is 15.0 Å². The van der Waals surface area contributed by atoms with E-state index in [4.69, 9.17) is 37.4 Å². The van der Waals surface area contributed by atoms with Crippen molar-refractivity contribution in [2.45, 2.75) is 13.0 Å². The molecule has 0 aromatic heterocycles. The van der Waals surface area contributed by atoms with Crippen LogP contribution >= 0.6 is 23.2 Å². The van der Waals surface area contributed by atoms with Crippen molar-refractivity contribution in [3.05, 3.63) is 52.0 Å². The largest absolute Gasteiger partial charge is 0.479 e. The van der Waals surface area contributed by atoms with Crippen LogP contribution in [0, 0.1) is 0 Å². The fourth-order valence-electron chi connectivity index (χ4n) is 3.01. The van der Waals surface area contributed by atoms with E-state index in [0.29, 0.717) is 53.3 Å². The van der Waals surface area contributed by atoms with Crippen molar-refractivity contribution in [3.63, 3.8) is 0 Å². The summed E-state index contributed by atoms with van der Waals surface area (Å²) < 4.78 is 15.9. The zero-order valence-corrected chi connectivity index (χ0v) is 18.1. The molecule has 1 fully saturated rings. The second kappa shape index (κ2) is 10.0. The number of hydrogen-bond donors (Lipinski definition) is 1. The Hall–Kier alpha value is -2.48. The number of benzene rings is 2. The van der Waals surface area contributed by atoms with E-state index in [9.17, 15) is 9.59 Å². The number of esters is 1. The second-order valence-corrected chi connectivity index (χ2v) is 7.49. The number of hydrogen-bond acceptors (Lipinski definition) is 6. The summed E-state index contributed by atoms with van der Waals surface area (Å²) in [6.45, 7) is 4.13. The lowest BCUT2D eigenvalue weighted by molar-refractivity contribution is -0.122. The molecule has 0 bridgehead atoms. The van der Waals surface area contributed by atoms with E-state index in [2.05, 4.69) is 10.2 Å². The molecule has 2 aromatic carbocycles. The van der Waals surface area contributed by atoms with Gasteiger partial charge >= 0.3 is 5.97 Å². The summed E-state index contributed by atoms with van der Waals surface area (Å²) in [5.74, 6) is -0.533. The number of rotatable bonds is 6. The zero-order valence-electron chi connectivity index (χ0n) is 16.6. The van der Waals surface area contributed by atoms with Crippen molar-refractivity contribution in [1.82, 2.24) is 0 Å². The monoisotopic (exact) mass is 452 g/mol. The van der Waals surface area contributed by atoms with Crippen LogP contribution in [-0.2, 0) is 14.3 Å². The highest BCUT2D eigenvalue weighted by atomic mass is 35.5. The molecule has 0 radical (unpaired) electrons. The van der Waals surface area contributed by atoms with Gasteiger partial charge in [-0.3, -0.25) is 4.79 Å². The Morgan fingerprint density at radius 1 is 1.13 bits per heavy atom. The molecule has 1 saturated heterocycles. The Morgan fingerprint density at radius 3 is 2.53 bits per heavy atom. The van der Waals surface area contributed by atoms with Gasteiger partial charge in [0.1, 0.15) is 5.75 Å². The van der Waals surface area contributed by atoms with Gasteiger partial charge in [0.2, 0.25) is 0 Å². The maximum atomic E-state index is 12.8. The summed E-state index contributed by atoms with van der Waals surface area (Å²) >= 11 is 12.0. The van der Waals surface area contributed by atoms with Crippen LogP contribution in [0.25, 0.3) is 0 Å². The Morgan fingerprint density at radius 2 is 1.87 bits per heavy atom. The van der Waals surface area contributed by atoms with Crippen molar-refractivity contribution in [3.8, 4) is 5.75 Å². The number of morpholine rings is 1. The minimum atomic E-state index is -0.844. The number of methoxy groups -OCH3 is 1. The van der Waals surface area contributed by atoms with Gasteiger partial charge in [0.05, 0.1) is 42.3 Å². The minimum absolute atomic E-state index is 0.309. The Kier molecular flexibility index (Phi) is 7.42. The van der Waals surface area contributed by atoms with Gasteiger partial charge in [0.25, 0.3) is 5.91 Å². The number of carbonyl (C=O) groups is 2. The number of ether oxygens (including phenoxy) is 3. The van der Waals surface area contributed by atoms with E-state index in [1.165, 1.54) is 7.11 Å². The molecule has 1 aliphatic rings. The first kappa shape index (κ1) is 22.2. The fourth-order valence-corrected chi connectivity index (χ4v) is 3.46. The van der Waals surface area contributed by atoms with Crippen LogP contribution in [-0.4, -0.2) is 51.4 Å². The molecule has 0 saturated carbocycles. The lowest BCUT2D eigenvalue weighted by atomic mass is 10.1. The number of amides is 1. The summed E-state index contributed by atoms with van der Waals surface area (Å²) in [5, 5.41) is 3.64. The van der Waals surface area contributed by atoms with Crippen LogP contribution in [0.1, 0.15) is 17.3 Å². The molecule has 1 aliphatic heterocycles. The summed E-state index contributed by atoms with van der Waals surface area (Å²) in [7, 11) is 1.31. The molecular weight excluding hydrogens is 431 g/mol. The molecule has 2 aromatic rings. The molecule has 0 unspecified atom stereocenters. The predicted octanol–water partition coefficient (Wildman–Crippen LogP) is 4.02. The van der Waals surface area contributed by atoms with Gasteiger partial charge in [-0.25, -0.2) is 4.79 Å². The molecule has 7 nitrogen and oxygen atoms in total. The van der Waals surface area contributed by atoms with Gasteiger partial charge in [0.15, 0.2) is 6.10 Å². The first-order valence-corrected chi connectivity index (χ1v) is 10.1. The quantitative estimate of drug-likeness (QED) is 0.666. The third-order valence-corrected chi connectivity index (χ3v) is 5.12. The van der Waals surface area contributed by atoms with Crippen LogP contribution in [0.2, 0.25) is 10.0 Å². The second-order valence-electron chi connectivity index (χ2n) is 6.65. The highest BCUT2D eigenvalue weighted by Gasteiger charge is 2.22. The molecule has 1 heterocycles. The van der Waals surface area contributed by atoms with Gasteiger partial charge in [-0.05, 0) is 43.3 Å². The highest BCUT2D eigenvalue weighted by molar-refractivity contribution is 6.35. The average Bonchev–Trinajstić information content (AvgIpc) is 2.75. The molecule has 9 heteroatoms. The fraction of sp³-hybridized carbons (Fsp3) is 0.333. The summed E-state index contributed by atoms with van der Waals surface area (Å²) in [5.41, 5.74) is 1.61. The van der Waals surface area contributed by atoms with E-state index in [0.717, 1.165) is 5.69 Å². The lowest BCUT2D eigenvalue weighted by Crippen LogP contribution is -2.37. The molecule has 1 amide bonds. The Bertz CT molecular complexity index is 932. The van der Waals surface area contributed by atoms with E-state index in [-0.39, 0.29) is 0 Å². The minimum Gasteiger partial charge on any atom is -0.479 e. The van der Waals surface area contributed by atoms with Crippen molar-refractivity contribution < 1.29 is 23.8 Å². The van der Waals surface area contributed by atoms with Gasteiger partial charge in [0, 0.05) is 18.1 Å². The topological polar surface area (TPSA) is 77.1 Å². The van der Waals surface area contributed by atoms with Gasteiger partial charge in [-0.2, -0.15) is 0 Å². The normalized spacial score (nSPS) is 14.7. The van der Waals surface area contributed by atoms with Crippen molar-refractivity contribution >= 4 is 46.5 Å². The van der Waals surface area contributed by atoms with Crippen molar-refractivity contribution in [2.75, 3.05) is 43.6 Å². The maximum absolute atomic E-state index is 12.8. The molecule has 30 heavy (non-hydrogen) atoms. The van der Waals surface area contributed by atoms with Crippen LogP contribution in [0.15, 0.2) is 36.4 Å². The molecule has 0 spiro atoms. The Labute approximate surface area is 184 Å². The lowest BCUT2D eigenvalue weighted by Gasteiger charge is -2.31. The van der Waals surface area contributed by atoms with E-state index >= 15 is 0 Å². The third kappa shape index (κ3) is 5.36. The average molecular weight is 453 g/mol. The maximum Gasteiger partial charge on any atom is 0.337 e. The zero-order chi connectivity index (χ0) is 21.7. The van der Waals surface area contributed by atoms with Gasteiger partial charge in [-0.15, -0.1) is 0 Å². The summed E-state index contributed by atoms with van der Waals surface area (Å²) in [4.78, 5) is 26.9. The van der Waals surface area contributed by atoms with Crippen LogP contribution in [0.3, 0.4) is 0 Å². The molecule has 3 rings (SSSR count). The standard InChI is InChI=1S/C21H22Cl2N2O5/c1-13(30-19-6-4-15(22)12-16(19)23)20(26)24-17-11-14(21(27)28-2)3-5-18(17)25-7-9-29-10-8-25/h3-6,11-13H,7-10H2,1-2H3,(H,24,26)/t13-/m1/s1. The first-order valence-electron chi connectivity index (χ1n) is 9.36. The number of carbonyl (C=O) groups excluding carboxylic acids is 2. The number of nitrogens with one attached hydrogen (secondary N) is 1. The van der Waals surface area contributed by atoms with Crippen LogP contribution in [0.5, 0.6) is 5.75 Å². The molecular formula is C21H22Cl2N2O5. The molecule has 1 atom stereocenters. The Balaban J connectivity index is 1.81. The molecule has 1 N–H and O–H groups in total. The first-order chi connectivity index (χ1) is 14.4. The van der Waals surface area contributed by atoms with Crippen molar-refractivity contribution in [2.24, 2.45) is 0 Å². The summed E-state index contributed by atoms with van der Waals surface area (Å²) in [6, 6.07) is 9.82. The van der Waals surface area contributed by atoms with E-state index < -0.39 is 18.0 Å². The number of halogens is 2. The van der Waals surface area contributed by atoms with E-state index in [1.54, 1.807) is 43.3 Å². The number of anilines is 2. The third-order valence-electron chi connectivity index (χ3n) is 4.59. The van der Waals surface area contributed by atoms with Crippen molar-refractivity contribution in [1.29, 1.82) is 0 Å². The molecule has 160 valence electrons. The predicted molar refractivity (Wildman–Crippen MR) is 116 cm³/mol. The van der Waals surface area contributed by atoms with Gasteiger partial charge < -0.3 is 24.4 Å². The summed E-state index contributed by atoms with van der Waals surface area (Å²) in [6.07, 6.45) is -0.844. The van der Waals surface area contributed by atoms with Crippen LogP contribution in [0.4, 0.5) is 11.4 Å². The smallest absolute Gasteiger partial charge is 0.337 e.